The Morgan fingerprint density at radius 2 is 1.44 bits per heavy atom. The summed E-state index contributed by atoms with van der Waals surface area (Å²) in [6, 6.07) is 4.82. The zero-order valence-electron chi connectivity index (χ0n) is 16.7. The maximum Gasteiger partial charge on any atom is 0.416 e. The minimum Gasteiger partial charge on any atom is -0.396 e. The van der Waals surface area contributed by atoms with Crippen molar-refractivity contribution >= 4 is 11.4 Å². The largest absolute Gasteiger partial charge is 0.416 e. The number of nitrogens with zero attached hydrogens (tertiary/aromatic N) is 2. The third-order valence-corrected chi connectivity index (χ3v) is 3.05. The van der Waals surface area contributed by atoms with Crippen molar-refractivity contribution in [1.82, 2.24) is 0 Å². The predicted molar refractivity (Wildman–Crippen MR) is 101 cm³/mol. The third kappa shape index (κ3) is 9.48. The molecular weight excluding hydrogens is 329 g/mol. The van der Waals surface area contributed by atoms with Gasteiger partial charge in [0.05, 0.1) is 11.3 Å². The average Bonchev–Trinajstić information content (AvgIpc) is 2.56. The van der Waals surface area contributed by atoms with E-state index in [9.17, 15) is 13.2 Å². The molecule has 0 aliphatic heterocycles. The highest BCUT2D eigenvalue weighted by Gasteiger charge is 2.30. The van der Waals surface area contributed by atoms with E-state index in [1.165, 1.54) is 17.1 Å². The van der Waals surface area contributed by atoms with Crippen LogP contribution in [0.1, 0.15) is 60.5 Å². The molecule has 1 rings (SSSR count). The number of hydrogen-bond donors (Lipinski definition) is 1. The molecule has 1 aromatic rings. The smallest absolute Gasteiger partial charge is 0.396 e. The van der Waals surface area contributed by atoms with Gasteiger partial charge in [-0.15, -0.1) is 0 Å². The van der Waals surface area contributed by atoms with Crippen LogP contribution in [0.3, 0.4) is 0 Å². The van der Waals surface area contributed by atoms with Gasteiger partial charge in [-0.25, -0.2) is 0 Å². The Kier molecular flexibility index (Phi) is 12.2. The minimum absolute atomic E-state index is 0.0169. The molecule has 0 spiro atoms. The van der Waals surface area contributed by atoms with Crippen LogP contribution < -0.4 is 5.01 Å². The van der Waals surface area contributed by atoms with Gasteiger partial charge in [0, 0.05) is 31.2 Å². The summed E-state index contributed by atoms with van der Waals surface area (Å²) in [5.41, 5.74) is 0.438. The summed E-state index contributed by atoms with van der Waals surface area (Å²) in [4.78, 5) is 0. The van der Waals surface area contributed by atoms with Crippen molar-refractivity contribution < 1.29 is 18.3 Å². The van der Waals surface area contributed by atoms with E-state index >= 15 is 0 Å². The van der Waals surface area contributed by atoms with E-state index in [4.69, 9.17) is 5.11 Å². The Morgan fingerprint density at radius 3 is 1.76 bits per heavy atom. The highest BCUT2D eigenvalue weighted by atomic mass is 19.4. The van der Waals surface area contributed by atoms with Crippen LogP contribution in [0.4, 0.5) is 18.9 Å². The number of benzene rings is 1. The van der Waals surface area contributed by atoms with Gasteiger partial charge < -0.3 is 5.11 Å². The van der Waals surface area contributed by atoms with Gasteiger partial charge in [-0.2, -0.15) is 18.3 Å². The molecule has 0 fully saturated rings. The molecule has 0 atom stereocenters. The number of aliphatic hydroxyl groups is 1. The van der Waals surface area contributed by atoms with Crippen LogP contribution in [0.2, 0.25) is 0 Å². The van der Waals surface area contributed by atoms with Crippen molar-refractivity contribution in [2.24, 2.45) is 10.5 Å². The Hall–Kier alpha value is -1.56. The second kappa shape index (κ2) is 11.9. The second-order valence-corrected chi connectivity index (χ2v) is 5.84. The van der Waals surface area contributed by atoms with Crippen LogP contribution in [-0.2, 0) is 6.18 Å². The van der Waals surface area contributed by atoms with E-state index in [2.05, 4.69) is 5.10 Å². The monoisotopic (exact) mass is 362 g/mol. The maximum atomic E-state index is 12.5. The zero-order chi connectivity index (χ0) is 20.3. The molecule has 0 heterocycles. The van der Waals surface area contributed by atoms with Crippen molar-refractivity contribution in [3.8, 4) is 0 Å². The molecule has 1 aromatic carbocycles. The summed E-state index contributed by atoms with van der Waals surface area (Å²) in [7, 11) is 1.67. The third-order valence-electron chi connectivity index (χ3n) is 3.05. The van der Waals surface area contributed by atoms with Crippen LogP contribution in [-0.4, -0.2) is 24.5 Å². The van der Waals surface area contributed by atoms with Gasteiger partial charge in [-0.1, -0.05) is 48.5 Å². The molecule has 6 heteroatoms. The fraction of sp³-hybridized carbons (Fsp3) is 0.632. The van der Waals surface area contributed by atoms with Crippen LogP contribution in [0, 0.1) is 5.41 Å². The first-order valence-electron chi connectivity index (χ1n) is 8.65. The molecule has 0 aromatic heterocycles. The van der Waals surface area contributed by atoms with Crippen LogP contribution >= 0.6 is 0 Å². The number of rotatable bonds is 4. The van der Waals surface area contributed by atoms with Gasteiger partial charge in [0.25, 0.3) is 0 Å². The summed E-state index contributed by atoms with van der Waals surface area (Å²) in [5, 5.41) is 15.0. The van der Waals surface area contributed by atoms with Gasteiger partial charge in [-0.3, -0.25) is 5.01 Å². The fourth-order valence-electron chi connectivity index (χ4n) is 1.79. The molecule has 25 heavy (non-hydrogen) atoms. The number of alkyl halides is 3. The van der Waals surface area contributed by atoms with Gasteiger partial charge in [0.1, 0.15) is 0 Å². The molecular formula is C19H33F3N2O. The SMILES string of the molecule is CC.CC.CN(/N=C(\CCO)C(C)(C)C)c1ccc(C(F)(F)F)cc1. The Morgan fingerprint density at radius 1 is 1.00 bits per heavy atom. The maximum absolute atomic E-state index is 12.5. The number of hydrogen-bond acceptors (Lipinski definition) is 3. The Bertz CT molecular complexity index is 489. The number of anilines is 1. The predicted octanol–water partition coefficient (Wildman–Crippen LogP) is 5.98. The zero-order valence-corrected chi connectivity index (χ0v) is 16.7. The number of halogens is 3. The average molecular weight is 362 g/mol. The van der Waals surface area contributed by atoms with E-state index in [-0.39, 0.29) is 12.0 Å². The molecule has 3 nitrogen and oxygen atoms in total. The van der Waals surface area contributed by atoms with Gasteiger partial charge >= 0.3 is 6.18 Å². The fourth-order valence-corrected chi connectivity index (χ4v) is 1.79. The highest BCUT2D eigenvalue weighted by Crippen LogP contribution is 2.30. The van der Waals surface area contributed by atoms with E-state index < -0.39 is 11.7 Å². The van der Waals surface area contributed by atoms with Gasteiger partial charge in [-0.05, 0) is 24.3 Å². The first-order valence-corrected chi connectivity index (χ1v) is 8.65. The first kappa shape index (κ1) is 25.7. The van der Waals surface area contributed by atoms with Crippen molar-refractivity contribution in [3.63, 3.8) is 0 Å². The van der Waals surface area contributed by atoms with Crippen molar-refractivity contribution in [1.29, 1.82) is 0 Å². The molecule has 0 aliphatic rings. The molecule has 146 valence electrons. The van der Waals surface area contributed by atoms with Crippen molar-refractivity contribution in [3.05, 3.63) is 29.8 Å². The topological polar surface area (TPSA) is 35.8 Å². The first-order chi connectivity index (χ1) is 11.6. The standard InChI is InChI=1S/C15H21F3N2O.2C2H6/c1-14(2,3)13(9-10-21)19-20(4)12-7-5-11(6-8-12)15(16,17)18;2*1-2/h5-8,21H,9-10H2,1-4H3;2*1-2H3/b19-13+;;. The number of aliphatic hydroxyl groups excluding tert-OH is 1. The molecule has 1 N–H and O–H groups in total. The summed E-state index contributed by atoms with van der Waals surface area (Å²) in [6.07, 6.45) is -3.91. The molecule has 0 radical (unpaired) electrons. The lowest BCUT2D eigenvalue weighted by Gasteiger charge is -2.24. The summed E-state index contributed by atoms with van der Waals surface area (Å²) in [6.45, 7) is 13.9. The van der Waals surface area contributed by atoms with E-state index in [0.717, 1.165) is 17.8 Å². The lowest BCUT2D eigenvalue weighted by Crippen LogP contribution is -2.25. The Balaban J connectivity index is 0. The molecule has 0 unspecified atom stereocenters. The van der Waals surface area contributed by atoms with Gasteiger partial charge in [0.15, 0.2) is 0 Å². The van der Waals surface area contributed by atoms with Crippen molar-refractivity contribution in [2.75, 3.05) is 18.7 Å². The normalized spacial score (nSPS) is 11.8. The lowest BCUT2D eigenvalue weighted by atomic mass is 9.88. The molecule has 0 saturated heterocycles. The summed E-state index contributed by atoms with van der Waals surface area (Å²) >= 11 is 0. The van der Waals surface area contributed by atoms with Crippen molar-refractivity contribution in [2.45, 2.75) is 61.1 Å². The summed E-state index contributed by atoms with van der Waals surface area (Å²) < 4.78 is 37.6. The minimum atomic E-state index is -4.34. The highest BCUT2D eigenvalue weighted by molar-refractivity contribution is 5.90. The quantitative estimate of drug-likeness (QED) is 0.528. The molecule has 0 bridgehead atoms. The summed E-state index contributed by atoms with van der Waals surface area (Å²) in [5.74, 6) is 0. The second-order valence-electron chi connectivity index (χ2n) is 5.84. The molecule has 0 saturated carbocycles. The van der Waals surface area contributed by atoms with E-state index in [1.807, 2.05) is 48.5 Å². The molecule has 0 amide bonds. The van der Waals surface area contributed by atoms with Crippen LogP contribution in [0.15, 0.2) is 29.4 Å². The molecule has 0 aliphatic carbocycles. The van der Waals surface area contributed by atoms with E-state index in [1.54, 1.807) is 7.05 Å². The Labute approximate surface area is 150 Å². The van der Waals surface area contributed by atoms with Gasteiger partial charge in [0.2, 0.25) is 0 Å². The van der Waals surface area contributed by atoms with E-state index in [0.29, 0.717) is 12.1 Å². The number of hydrazone groups is 1. The lowest BCUT2D eigenvalue weighted by molar-refractivity contribution is -0.137. The van der Waals surface area contributed by atoms with Crippen LogP contribution in [0.5, 0.6) is 0 Å². The van der Waals surface area contributed by atoms with Crippen LogP contribution in [0.25, 0.3) is 0 Å².